The summed E-state index contributed by atoms with van der Waals surface area (Å²) in [5.41, 5.74) is 0.796. The summed E-state index contributed by atoms with van der Waals surface area (Å²) in [6.07, 6.45) is 1.66. The van der Waals surface area contributed by atoms with Crippen molar-refractivity contribution in [3.63, 3.8) is 0 Å². The van der Waals surface area contributed by atoms with Gasteiger partial charge in [-0.3, -0.25) is 14.5 Å². The van der Waals surface area contributed by atoms with Crippen LogP contribution in [-0.4, -0.2) is 79.1 Å². The minimum atomic E-state index is -0.360. The Hall–Kier alpha value is -1.97. The molecule has 0 saturated carbocycles. The molecule has 0 unspecified atom stereocenters. The van der Waals surface area contributed by atoms with E-state index < -0.39 is 0 Å². The number of piperidine rings is 1. The fraction of sp³-hybridized carbons (Fsp3) is 0.682. The van der Waals surface area contributed by atoms with Crippen molar-refractivity contribution in [3.8, 4) is 0 Å². The van der Waals surface area contributed by atoms with E-state index in [1.54, 1.807) is 13.0 Å². The highest BCUT2D eigenvalue weighted by Gasteiger charge is 2.33. The number of carbonyl (C=O) groups excluding carboxylic acids is 3. The maximum Gasteiger partial charge on any atom is 0.348 e. The first kappa shape index (κ1) is 23.7. The Morgan fingerprint density at radius 1 is 1.19 bits per heavy atom. The van der Waals surface area contributed by atoms with Crippen LogP contribution >= 0.6 is 11.3 Å². The molecule has 2 fully saturated rings. The molecule has 1 aromatic heterocycles. The molecule has 2 saturated heterocycles. The van der Waals surface area contributed by atoms with E-state index >= 15 is 0 Å². The number of anilines is 1. The monoisotopic (exact) mass is 451 g/mol. The number of likely N-dealkylation sites (tertiary alicyclic amines) is 1. The van der Waals surface area contributed by atoms with Gasteiger partial charge in [-0.25, -0.2) is 4.79 Å². The molecule has 31 heavy (non-hydrogen) atoms. The molecule has 0 radical (unpaired) electrons. The second-order valence-electron chi connectivity index (χ2n) is 8.44. The lowest BCUT2D eigenvalue weighted by Gasteiger charge is -2.39. The Bertz CT molecular complexity index is 793. The summed E-state index contributed by atoms with van der Waals surface area (Å²) in [5.74, 6) is -0.242. The lowest BCUT2D eigenvalue weighted by Crippen LogP contribution is -2.51. The summed E-state index contributed by atoms with van der Waals surface area (Å²) in [6.45, 7) is 10.9. The van der Waals surface area contributed by atoms with E-state index in [0.717, 1.165) is 31.5 Å². The van der Waals surface area contributed by atoms with E-state index in [1.807, 2.05) is 25.7 Å². The quantitative estimate of drug-likeness (QED) is 0.669. The largest absolute Gasteiger partial charge is 0.462 e. The highest BCUT2D eigenvalue weighted by molar-refractivity contribution is 7.18. The zero-order chi connectivity index (χ0) is 22.5. The number of amides is 2. The van der Waals surface area contributed by atoms with E-state index in [9.17, 15) is 14.4 Å². The van der Waals surface area contributed by atoms with Crippen LogP contribution in [0.5, 0.6) is 0 Å². The summed E-state index contributed by atoms with van der Waals surface area (Å²) in [7, 11) is 0. The predicted molar refractivity (Wildman–Crippen MR) is 119 cm³/mol. The zero-order valence-corrected chi connectivity index (χ0v) is 19.6. The molecular formula is C22H33N3O5S. The number of carbonyl (C=O) groups is 3. The van der Waals surface area contributed by atoms with Gasteiger partial charge >= 0.3 is 5.97 Å². The van der Waals surface area contributed by atoms with Gasteiger partial charge in [0, 0.05) is 19.0 Å². The third-order valence-electron chi connectivity index (χ3n) is 5.68. The van der Waals surface area contributed by atoms with Crippen LogP contribution in [0.3, 0.4) is 0 Å². The summed E-state index contributed by atoms with van der Waals surface area (Å²) in [4.78, 5) is 41.8. The fourth-order valence-corrected chi connectivity index (χ4v) is 5.26. The maximum atomic E-state index is 12.9. The maximum absolute atomic E-state index is 12.9. The molecule has 9 heteroatoms. The molecule has 172 valence electrons. The van der Waals surface area contributed by atoms with Crippen molar-refractivity contribution in [2.45, 2.75) is 52.7 Å². The van der Waals surface area contributed by atoms with E-state index in [4.69, 9.17) is 9.47 Å². The van der Waals surface area contributed by atoms with E-state index in [2.05, 4.69) is 10.2 Å². The molecule has 3 rings (SSSR count). The summed E-state index contributed by atoms with van der Waals surface area (Å²) in [5, 5.41) is 3.53. The number of nitrogens with zero attached hydrogens (tertiary/aromatic N) is 2. The van der Waals surface area contributed by atoms with Crippen molar-refractivity contribution in [2.24, 2.45) is 5.92 Å². The average molecular weight is 452 g/mol. The molecule has 2 aliphatic rings. The number of hydrogen-bond acceptors (Lipinski definition) is 7. The molecule has 0 spiro atoms. The lowest BCUT2D eigenvalue weighted by molar-refractivity contribution is -0.148. The van der Waals surface area contributed by atoms with Crippen LogP contribution in [0.4, 0.5) is 5.00 Å². The Labute approximate surface area is 187 Å². The summed E-state index contributed by atoms with van der Waals surface area (Å²) < 4.78 is 10.8. The van der Waals surface area contributed by atoms with Crippen molar-refractivity contribution in [1.29, 1.82) is 0 Å². The smallest absolute Gasteiger partial charge is 0.348 e. The highest BCUT2D eigenvalue weighted by atomic mass is 32.1. The second kappa shape index (κ2) is 10.6. The molecule has 2 aliphatic heterocycles. The van der Waals surface area contributed by atoms with Crippen LogP contribution in [0.2, 0.25) is 0 Å². The molecule has 1 aromatic rings. The standard InChI is InChI=1S/C22H33N3O5S/c1-5-29-22(28)20-14(2)10-19(31-20)23-18(26)13-24-8-6-17(7-9-24)21(27)25-11-15(3)30-16(4)12-25/h10,15-17H,5-9,11-13H2,1-4H3,(H,23,26)/t15-,16-/m0/s1. The third-order valence-corrected chi connectivity index (χ3v) is 6.81. The number of ether oxygens (including phenoxy) is 2. The van der Waals surface area contributed by atoms with Crippen LogP contribution in [0, 0.1) is 12.8 Å². The minimum absolute atomic E-state index is 0.0175. The van der Waals surface area contributed by atoms with Gasteiger partial charge in [0.15, 0.2) is 0 Å². The molecule has 3 heterocycles. The van der Waals surface area contributed by atoms with Crippen LogP contribution in [0.1, 0.15) is 48.8 Å². The Balaban J connectivity index is 1.45. The van der Waals surface area contributed by atoms with Crippen molar-refractivity contribution in [3.05, 3.63) is 16.5 Å². The van der Waals surface area contributed by atoms with E-state index in [-0.39, 0.29) is 42.5 Å². The summed E-state index contributed by atoms with van der Waals surface area (Å²) in [6, 6.07) is 1.80. The normalized spacial score (nSPS) is 22.9. The Morgan fingerprint density at radius 2 is 1.84 bits per heavy atom. The molecular weight excluding hydrogens is 418 g/mol. The van der Waals surface area contributed by atoms with Gasteiger partial charge in [-0.15, -0.1) is 11.3 Å². The van der Waals surface area contributed by atoms with Gasteiger partial charge in [0.25, 0.3) is 0 Å². The van der Waals surface area contributed by atoms with Gasteiger partial charge in [-0.1, -0.05) is 0 Å². The number of esters is 1. The summed E-state index contributed by atoms with van der Waals surface area (Å²) >= 11 is 1.23. The van der Waals surface area contributed by atoms with Crippen molar-refractivity contribution in [2.75, 3.05) is 44.6 Å². The topological polar surface area (TPSA) is 88.2 Å². The van der Waals surface area contributed by atoms with Crippen LogP contribution < -0.4 is 5.32 Å². The van der Waals surface area contributed by atoms with Crippen molar-refractivity contribution < 1.29 is 23.9 Å². The Morgan fingerprint density at radius 3 is 2.45 bits per heavy atom. The molecule has 0 bridgehead atoms. The fourth-order valence-electron chi connectivity index (χ4n) is 4.28. The number of nitrogens with one attached hydrogen (secondary N) is 1. The van der Waals surface area contributed by atoms with Crippen molar-refractivity contribution >= 4 is 34.1 Å². The molecule has 1 N–H and O–H groups in total. The minimum Gasteiger partial charge on any atom is -0.462 e. The van der Waals surface area contributed by atoms with Gasteiger partial charge in [-0.05, 0) is 65.3 Å². The number of morpholine rings is 1. The average Bonchev–Trinajstić information content (AvgIpc) is 3.07. The van der Waals surface area contributed by atoms with Crippen LogP contribution in [0.25, 0.3) is 0 Å². The van der Waals surface area contributed by atoms with Gasteiger partial charge in [0.2, 0.25) is 11.8 Å². The molecule has 0 aromatic carbocycles. The lowest BCUT2D eigenvalue weighted by atomic mass is 9.94. The Kier molecular flexibility index (Phi) is 8.07. The van der Waals surface area contributed by atoms with Gasteiger partial charge < -0.3 is 19.7 Å². The SMILES string of the molecule is CCOC(=O)c1sc(NC(=O)CN2CCC(C(=O)N3C[C@H](C)O[C@@H](C)C3)CC2)cc1C. The number of rotatable bonds is 6. The molecule has 0 aliphatic carbocycles. The van der Waals surface area contributed by atoms with Gasteiger partial charge in [0.1, 0.15) is 4.88 Å². The highest BCUT2D eigenvalue weighted by Crippen LogP contribution is 2.27. The first-order valence-corrected chi connectivity index (χ1v) is 11.8. The van der Waals surface area contributed by atoms with Crippen LogP contribution in [0.15, 0.2) is 6.07 Å². The predicted octanol–water partition coefficient (Wildman–Crippen LogP) is 2.52. The first-order chi connectivity index (χ1) is 14.8. The van der Waals surface area contributed by atoms with E-state index in [0.29, 0.717) is 29.6 Å². The zero-order valence-electron chi connectivity index (χ0n) is 18.8. The van der Waals surface area contributed by atoms with Crippen molar-refractivity contribution in [1.82, 2.24) is 9.80 Å². The van der Waals surface area contributed by atoms with Crippen LogP contribution in [-0.2, 0) is 19.1 Å². The molecule has 2 atom stereocenters. The number of thiophene rings is 1. The second-order valence-corrected chi connectivity index (χ2v) is 9.49. The third kappa shape index (κ3) is 6.27. The number of aryl methyl sites for hydroxylation is 1. The first-order valence-electron chi connectivity index (χ1n) is 11.0. The molecule has 2 amide bonds. The molecule has 8 nitrogen and oxygen atoms in total. The number of hydrogen-bond donors (Lipinski definition) is 1. The van der Waals surface area contributed by atoms with E-state index in [1.165, 1.54) is 11.3 Å². The van der Waals surface area contributed by atoms with Gasteiger partial charge in [-0.2, -0.15) is 0 Å². The van der Waals surface area contributed by atoms with Gasteiger partial charge in [0.05, 0.1) is 30.4 Å².